The Labute approximate surface area is 332 Å². The van der Waals surface area contributed by atoms with Crippen LogP contribution in [0.15, 0.2) is 42.6 Å². The molecule has 3 aliphatic heterocycles. The Kier molecular flexibility index (Phi) is 13.6. The second-order valence-corrected chi connectivity index (χ2v) is 16.6. The van der Waals surface area contributed by atoms with Gasteiger partial charge < -0.3 is 39.0 Å². The van der Waals surface area contributed by atoms with Gasteiger partial charge in [0.2, 0.25) is 0 Å². The van der Waals surface area contributed by atoms with E-state index in [2.05, 4.69) is 10.3 Å². The lowest BCUT2D eigenvalue weighted by Crippen LogP contribution is -2.61. The maximum atomic E-state index is 16.9. The predicted molar refractivity (Wildman–Crippen MR) is 206 cm³/mol. The number of carbonyl (C=O) groups is 4. The van der Waals surface area contributed by atoms with Crippen LogP contribution in [0, 0.1) is 17.8 Å². The third-order valence-corrected chi connectivity index (χ3v) is 11.9. The number of ketones is 2. The topological polar surface area (TPSA) is 163 Å². The molecule has 0 radical (unpaired) electrons. The van der Waals surface area contributed by atoms with E-state index < -0.39 is 108 Å². The van der Waals surface area contributed by atoms with E-state index in [-0.39, 0.29) is 18.8 Å². The molecule has 2 N–H and O–H groups in total. The van der Waals surface area contributed by atoms with E-state index in [0.717, 1.165) is 23.4 Å². The summed E-state index contributed by atoms with van der Waals surface area (Å²) < 4.78 is 61.3. The van der Waals surface area contributed by atoms with Crippen LogP contribution in [0.25, 0.3) is 17.0 Å². The fourth-order valence-electron chi connectivity index (χ4n) is 8.70. The highest BCUT2D eigenvalue weighted by Gasteiger charge is 2.59. The average molecular weight is 802 g/mol. The van der Waals surface area contributed by atoms with E-state index in [9.17, 15) is 28.7 Å². The van der Waals surface area contributed by atoms with Gasteiger partial charge in [-0.05, 0) is 72.3 Å². The highest BCUT2D eigenvalue weighted by molar-refractivity contribution is 6.08. The lowest BCUT2D eigenvalue weighted by atomic mass is 9.73. The standard InChI is InChI=1S/C42H57F2N3O10/c1-23-22-40(5,53-19-11-12-27-14-15-28-13-10-18-45-29(28)21-27)36(56-37-33(49)30(47(8)9)20-24(2)54-37)26(4)35(50)41(6,44)38(51)55-31(16-17-43)42(7)34(25(3)32(23)48)46-39(52)57-42/h10-15,18,21,23-26,30-31,33-34,36-37,49H,16-17,19-20,22H2,1-9H3,(H,46,52)/b12-11+/t23-,24?,25+,26+,30?,31-,33?,34-,36-,37?,40-,41+,42-/m1/s1. The number of pyridine rings is 1. The van der Waals surface area contributed by atoms with Crippen LogP contribution in [0.5, 0.6) is 0 Å². The molecule has 0 bridgehead atoms. The Balaban J connectivity index is 1.59. The molecule has 13 nitrogen and oxygen atoms in total. The highest BCUT2D eigenvalue weighted by Crippen LogP contribution is 2.41. The normalized spacial score (nSPS) is 38.5. The smallest absolute Gasteiger partial charge is 0.408 e. The molecule has 5 rings (SSSR count). The van der Waals surface area contributed by atoms with Gasteiger partial charge in [0.25, 0.3) is 5.67 Å². The van der Waals surface area contributed by atoms with Gasteiger partial charge in [0.15, 0.2) is 17.7 Å². The van der Waals surface area contributed by atoms with Crippen molar-refractivity contribution < 1.29 is 56.7 Å². The molecule has 13 atom stereocenters. The van der Waals surface area contributed by atoms with Crippen molar-refractivity contribution in [3.05, 3.63) is 48.2 Å². The zero-order chi connectivity index (χ0) is 42.0. The molecular weight excluding hydrogens is 744 g/mol. The van der Waals surface area contributed by atoms with Crippen LogP contribution in [0.4, 0.5) is 13.6 Å². The van der Waals surface area contributed by atoms with E-state index in [4.69, 9.17) is 23.7 Å². The summed E-state index contributed by atoms with van der Waals surface area (Å²) in [5.74, 6) is -6.53. The number of aliphatic hydroxyl groups is 1. The van der Waals surface area contributed by atoms with E-state index in [1.807, 2.05) is 48.2 Å². The molecule has 314 valence electrons. The molecule has 0 saturated carbocycles. The van der Waals surface area contributed by atoms with Gasteiger partial charge >= 0.3 is 12.1 Å². The number of halogens is 2. The predicted octanol–water partition coefficient (Wildman–Crippen LogP) is 5.15. The van der Waals surface area contributed by atoms with Crippen molar-refractivity contribution in [1.82, 2.24) is 15.2 Å². The molecule has 2 aromatic rings. The minimum Gasteiger partial charge on any atom is -0.455 e. The number of alkyl carbamates (subject to hydrolysis) is 1. The van der Waals surface area contributed by atoms with Gasteiger partial charge in [0, 0.05) is 41.8 Å². The molecule has 1 amide bonds. The maximum absolute atomic E-state index is 16.9. The summed E-state index contributed by atoms with van der Waals surface area (Å²) >= 11 is 0. The number of esters is 1. The molecule has 15 heteroatoms. The van der Waals surface area contributed by atoms with Crippen molar-refractivity contribution in [3.63, 3.8) is 0 Å². The van der Waals surface area contributed by atoms with Gasteiger partial charge in [0.05, 0.1) is 42.6 Å². The number of amides is 1. The summed E-state index contributed by atoms with van der Waals surface area (Å²) in [6.45, 7) is 9.09. The second-order valence-electron chi connectivity index (χ2n) is 16.6. The number of fused-ring (bicyclic) bond motifs is 2. The van der Waals surface area contributed by atoms with E-state index in [1.165, 1.54) is 13.8 Å². The molecular formula is C42H57F2N3O10. The molecule has 57 heavy (non-hydrogen) atoms. The number of Topliss-reactive ketones (excluding diaryl/α,β-unsaturated/α-hetero) is 2. The fourth-order valence-corrected chi connectivity index (χ4v) is 8.70. The Hall–Kier alpha value is -3.89. The van der Waals surface area contributed by atoms with Crippen LogP contribution >= 0.6 is 0 Å². The first-order valence-corrected chi connectivity index (χ1v) is 19.6. The summed E-state index contributed by atoms with van der Waals surface area (Å²) in [5.41, 5.74) is -5.08. The van der Waals surface area contributed by atoms with Gasteiger partial charge in [-0.1, -0.05) is 51.1 Å². The van der Waals surface area contributed by atoms with Crippen molar-refractivity contribution in [3.8, 4) is 0 Å². The van der Waals surface area contributed by atoms with Crippen LogP contribution in [-0.4, -0.2) is 126 Å². The number of hydrogen-bond donors (Lipinski definition) is 2. The summed E-state index contributed by atoms with van der Waals surface area (Å²) in [4.78, 5) is 61.5. The van der Waals surface area contributed by atoms with Crippen LogP contribution in [-0.2, 0) is 38.1 Å². The minimum atomic E-state index is -3.31. The number of likely N-dealkylation sites (N-methyl/N-ethyl adjacent to an activating group) is 1. The van der Waals surface area contributed by atoms with E-state index in [1.54, 1.807) is 47.1 Å². The Bertz CT molecular complexity index is 1830. The maximum Gasteiger partial charge on any atom is 0.408 e. The first kappa shape index (κ1) is 44.2. The first-order chi connectivity index (χ1) is 26.7. The summed E-state index contributed by atoms with van der Waals surface area (Å²) in [5, 5.41) is 15.1. The Morgan fingerprint density at radius 2 is 1.79 bits per heavy atom. The number of nitrogens with zero attached hydrogens (tertiary/aromatic N) is 2. The SMILES string of the molecule is CC1CC(N(C)C)C(O)C(O[C@@H]2[C@@H](C)C(=O)[C@](C)(F)C(=O)O[C@H](CCF)[C@@]3(C)OC(=O)N[C@@H]3[C@@H](C)C(=O)[C@H](C)C[C@@]2(C)OC/C=C/c2ccc3cccnc3c2)O1. The Morgan fingerprint density at radius 3 is 2.47 bits per heavy atom. The molecule has 4 unspecified atom stereocenters. The molecule has 1 aromatic heterocycles. The number of nitrogens with one attached hydrogen (secondary N) is 1. The molecule has 3 saturated heterocycles. The second kappa shape index (κ2) is 17.5. The van der Waals surface area contributed by atoms with Crippen LogP contribution in [0.2, 0.25) is 0 Å². The number of aliphatic hydroxyl groups excluding tert-OH is 1. The number of cyclic esters (lactones) is 1. The van der Waals surface area contributed by atoms with E-state index >= 15 is 4.39 Å². The molecule has 1 aromatic carbocycles. The average Bonchev–Trinajstić information content (AvgIpc) is 3.48. The van der Waals surface area contributed by atoms with Gasteiger partial charge in [-0.15, -0.1) is 0 Å². The van der Waals surface area contributed by atoms with Crippen molar-refractivity contribution in [2.75, 3.05) is 27.4 Å². The van der Waals surface area contributed by atoms with Gasteiger partial charge in [-0.25, -0.2) is 14.0 Å². The molecule has 3 fully saturated rings. The number of aromatic nitrogens is 1. The number of alkyl halides is 2. The van der Waals surface area contributed by atoms with Crippen LogP contribution < -0.4 is 5.32 Å². The number of benzene rings is 1. The number of rotatable bonds is 9. The quantitative estimate of drug-likeness (QED) is 0.254. The van der Waals surface area contributed by atoms with Crippen molar-refractivity contribution >= 4 is 40.6 Å². The minimum absolute atomic E-state index is 0.0662. The first-order valence-electron chi connectivity index (χ1n) is 19.6. The van der Waals surface area contributed by atoms with Gasteiger partial charge in [-0.3, -0.25) is 19.0 Å². The number of carbonyl (C=O) groups excluding carboxylic acids is 4. The van der Waals surface area contributed by atoms with Crippen molar-refractivity contribution in [1.29, 1.82) is 0 Å². The highest BCUT2D eigenvalue weighted by atomic mass is 19.1. The summed E-state index contributed by atoms with van der Waals surface area (Å²) in [6.07, 6.45) is -1.72. The zero-order valence-electron chi connectivity index (χ0n) is 34.2. The molecule has 3 aliphatic rings. The third-order valence-electron chi connectivity index (χ3n) is 11.9. The molecule has 0 aliphatic carbocycles. The van der Waals surface area contributed by atoms with Crippen LogP contribution in [0.1, 0.15) is 73.3 Å². The summed E-state index contributed by atoms with van der Waals surface area (Å²) in [6, 6.07) is 8.03. The fraction of sp³-hybridized carbons (Fsp3) is 0.643. The lowest BCUT2D eigenvalue weighted by molar-refractivity contribution is -0.297. The number of ether oxygens (including phenoxy) is 5. The van der Waals surface area contributed by atoms with Crippen LogP contribution in [0.3, 0.4) is 0 Å². The third kappa shape index (κ3) is 9.22. The Morgan fingerprint density at radius 1 is 1.07 bits per heavy atom. The largest absolute Gasteiger partial charge is 0.455 e. The molecule has 4 heterocycles. The monoisotopic (exact) mass is 801 g/mol. The molecule has 0 spiro atoms. The van der Waals surface area contributed by atoms with Crippen molar-refractivity contribution in [2.24, 2.45) is 17.8 Å². The van der Waals surface area contributed by atoms with Gasteiger partial charge in [0.1, 0.15) is 18.0 Å². The zero-order valence-corrected chi connectivity index (χ0v) is 34.2. The van der Waals surface area contributed by atoms with Crippen molar-refractivity contribution in [2.45, 2.75) is 127 Å². The van der Waals surface area contributed by atoms with E-state index in [0.29, 0.717) is 6.42 Å². The number of hydrogen-bond acceptors (Lipinski definition) is 12. The lowest BCUT2D eigenvalue weighted by Gasteiger charge is -2.47. The van der Waals surface area contributed by atoms with Gasteiger partial charge in [-0.2, -0.15) is 0 Å². The summed E-state index contributed by atoms with van der Waals surface area (Å²) in [7, 11) is 3.60.